The van der Waals surface area contributed by atoms with E-state index < -0.39 is 47.4 Å². The van der Waals surface area contributed by atoms with Crippen LogP contribution in [0.4, 0.5) is 43.9 Å². The molecule has 0 spiro atoms. The molecule has 0 aliphatic carbocycles. The van der Waals surface area contributed by atoms with E-state index in [4.69, 9.17) is 0 Å². The first-order chi connectivity index (χ1) is 12.1. The Kier molecular flexibility index (Phi) is 6.35. The normalized spacial score (nSPS) is 15.6. The molecule has 0 saturated carbocycles. The standard InChI is InChI=1S/C13H10F10N2O2/c1-26-7(6-4-24-9(25-5-6)11(15,16)17)3-8(27-2)10(14,12(18,19)20)13(21,22)23/h3-5,7H,1-2H3/b8-3-. The molecule has 14 heteroatoms. The number of allylic oxidation sites excluding steroid dienone is 1. The highest BCUT2D eigenvalue weighted by atomic mass is 19.4. The van der Waals surface area contributed by atoms with Crippen LogP contribution in [0.2, 0.25) is 0 Å². The third-order valence-electron chi connectivity index (χ3n) is 3.15. The Morgan fingerprint density at radius 1 is 0.889 bits per heavy atom. The van der Waals surface area contributed by atoms with Crippen LogP contribution in [0.5, 0.6) is 0 Å². The van der Waals surface area contributed by atoms with Crippen LogP contribution in [0, 0.1) is 0 Å². The van der Waals surface area contributed by atoms with Gasteiger partial charge in [0, 0.05) is 25.1 Å². The van der Waals surface area contributed by atoms with Crippen molar-refractivity contribution in [1.29, 1.82) is 0 Å². The number of ether oxygens (including phenoxy) is 2. The van der Waals surface area contributed by atoms with Crippen molar-refractivity contribution in [2.24, 2.45) is 0 Å². The average Bonchev–Trinajstić information content (AvgIpc) is 2.52. The first kappa shape index (κ1) is 22.9. The predicted molar refractivity (Wildman–Crippen MR) is 67.8 cm³/mol. The Labute approximate surface area is 144 Å². The quantitative estimate of drug-likeness (QED) is 0.522. The Bertz CT molecular complexity index is 650. The van der Waals surface area contributed by atoms with Crippen molar-refractivity contribution in [2.75, 3.05) is 14.2 Å². The molecule has 0 saturated heterocycles. The topological polar surface area (TPSA) is 44.2 Å². The molecular formula is C13H10F10N2O2. The molecule has 1 aromatic rings. The fourth-order valence-corrected chi connectivity index (χ4v) is 1.83. The van der Waals surface area contributed by atoms with Gasteiger partial charge in [0.25, 0.3) is 0 Å². The maximum atomic E-state index is 14.0. The van der Waals surface area contributed by atoms with Crippen LogP contribution < -0.4 is 0 Å². The van der Waals surface area contributed by atoms with Crippen LogP contribution in [-0.2, 0) is 15.7 Å². The number of methoxy groups -OCH3 is 2. The van der Waals surface area contributed by atoms with E-state index >= 15 is 0 Å². The van der Waals surface area contributed by atoms with Gasteiger partial charge in [-0.3, -0.25) is 0 Å². The second-order valence-corrected chi connectivity index (χ2v) is 4.88. The van der Waals surface area contributed by atoms with E-state index in [-0.39, 0.29) is 6.08 Å². The Morgan fingerprint density at radius 2 is 1.33 bits per heavy atom. The van der Waals surface area contributed by atoms with Gasteiger partial charge in [-0.15, -0.1) is 0 Å². The highest BCUT2D eigenvalue weighted by Gasteiger charge is 2.76. The zero-order valence-electron chi connectivity index (χ0n) is 13.3. The summed E-state index contributed by atoms with van der Waals surface area (Å²) < 4.78 is 136. The summed E-state index contributed by atoms with van der Waals surface area (Å²) in [5, 5.41) is 0. The highest BCUT2D eigenvalue weighted by Crippen LogP contribution is 2.51. The van der Waals surface area contributed by atoms with E-state index in [1.807, 2.05) is 0 Å². The fraction of sp³-hybridized carbons (Fsp3) is 0.538. The number of aromatic nitrogens is 2. The molecule has 1 heterocycles. The second kappa shape index (κ2) is 7.48. The molecule has 1 atom stereocenters. The number of hydrogen-bond donors (Lipinski definition) is 0. The largest absolute Gasteiger partial charge is 0.497 e. The summed E-state index contributed by atoms with van der Waals surface area (Å²) in [6.45, 7) is 0. The Morgan fingerprint density at radius 3 is 1.63 bits per heavy atom. The third-order valence-corrected chi connectivity index (χ3v) is 3.15. The molecule has 0 aromatic carbocycles. The van der Waals surface area contributed by atoms with Gasteiger partial charge in [-0.05, 0) is 6.08 Å². The minimum absolute atomic E-state index is 0.0209. The molecule has 0 bridgehead atoms. The summed E-state index contributed by atoms with van der Waals surface area (Å²) in [6.07, 6.45) is -18.8. The van der Waals surface area contributed by atoms with Gasteiger partial charge in [0.2, 0.25) is 5.82 Å². The summed E-state index contributed by atoms with van der Waals surface area (Å²) in [7, 11) is 1.15. The van der Waals surface area contributed by atoms with Crippen molar-refractivity contribution in [1.82, 2.24) is 9.97 Å². The molecule has 0 aliphatic heterocycles. The van der Waals surface area contributed by atoms with Crippen LogP contribution in [0.1, 0.15) is 17.5 Å². The van der Waals surface area contributed by atoms with Crippen LogP contribution >= 0.6 is 0 Å². The summed E-state index contributed by atoms with van der Waals surface area (Å²) in [4.78, 5) is 5.77. The van der Waals surface area contributed by atoms with Crippen molar-refractivity contribution in [3.63, 3.8) is 0 Å². The van der Waals surface area contributed by atoms with Gasteiger partial charge in [0.15, 0.2) is 5.76 Å². The number of alkyl halides is 10. The second-order valence-electron chi connectivity index (χ2n) is 4.88. The minimum Gasteiger partial charge on any atom is -0.497 e. The van der Waals surface area contributed by atoms with E-state index in [2.05, 4.69) is 19.4 Å². The van der Waals surface area contributed by atoms with Crippen molar-refractivity contribution in [3.05, 3.63) is 35.6 Å². The summed E-state index contributed by atoms with van der Waals surface area (Å²) >= 11 is 0. The fourth-order valence-electron chi connectivity index (χ4n) is 1.83. The lowest BCUT2D eigenvalue weighted by atomic mass is 9.99. The van der Waals surface area contributed by atoms with Gasteiger partial charge in [-0.1, -0.05) is 0 Å². The van der Waals surface area contributed by atoms with Gasteiger partial charge in [0.1, 0.15) is 6.10 Å². The number of halogens is 10. The van der Waals surface area contributed by atoms with E-state index in [1.165, 1.54) is 0 Å². The summed E-state index contributed by atoms with van der Waals surface area (Å²) in [5.41, 5.74) is -6.36. The van der Waals surface area contributed by atoms with E-state index in [0.29, 0.717) is 19.5 Å². The molecule has 0 aliphatic rings. The summed E-state index contributed by atoms with van der Waals surface area (Å²) in [5.74, 6) is -3.82. The van der Waals surface area contributed by atoms with Crippen LogP contribution in [0.25, 0.3) is 0 Å². The van der Waals surface area contributed by atoms with Gasteiger partial charge in [0.05, 0.1) is 7.11 Å². The maximum absolute atomic E-state index is 14.0. The molecule has 1 aromatic heterocycles. The van der Waals surface area contributed by atoms with Crippen LogP contribution in [-0.4, -0.2) is 42.2 Å². The third kappa shape index (κ3) is 4.59. The maximum Gasteiger partial charge on any atom is 0.451 e. The Hall–Kier alpha value is -2.12. The molecule has 0 fully saturated rings. The average molecular weight is 416 g/mol. The molecule has 0 N–H and O–H groups in total. The first-order valence-corrected chi connectivity index (χ1v) is 6.60. The van der Waals surface area contributed by atoms with Crippen molar-refractivity contribution in [3.8, 4) is 0 Å². The lowest BCUT2D eigenvalue weighted by molar-refractivity contribution is -0.335. The van der Waals surface area contributed by atoms with Crippen LogP contribution in [0.15, 0.2) is 24.2 Å². The van der Waals surface area contributed by atoms with Gasteiger partial charge >= 0.3 is 24.2 Å². The first-order valence-electron chi connectivity index (χ1n) is 6.60. The van der Waals surface area contributed by atoms with Crippen molar-refractivity contribution < 1.29 is 53.4 Å². The van der Waals surface area contributed by atoms with Crippen LogP contribution in [0.3, 0.4) is 0 Å². The Balaban J connectivity index is 3.43. The zero-order valence-corrected chi connectivity index (χ0v) is 13.3. The van der Waals surface area contributed by atoms with Crippen molar-refractivity contribution in [2.45, 2.75) is 30.3 Å². The van der Waals surface area contributed by atoms with E-state index in [1.54, 1.807) is 0 Å². The van der Waals surface area contributed by atoms with Gasteiger partial charge in [-0.25, -0.2) is 14.4 Å². The highest BCUT2D eigenvalue weighted by molar-refractivity contribution is 5.24. The molecule has 154 valence electrons. The van der Waals surface area contributed by atoms with E-state index in [0.717, 1.165) is 7.11 Å². The number of rotatable bonds is 5. The number of hydrogen-bond acceptors (Lipinski definition) is 4. The lowest BCUT2D eigenvalue weighted by Gasteiger charge is -2.31. The van der Waals surface area contributed by atoms with Gasteiger partial charge < -0.3 is 9.47 Å². The zero-order chi connectivity index (χ0) is 21.3. The molecule has 0 radical (unpaired) electrons. The molecule has 27 heavy (non-hydrogen) atoms. The van der Waals surface area contributed by atoms with E-state index in [9.17, 15) is 43.9 Å². The van der Waals surface area contributed by atoms with Gasteiger partial charge in [-0.2, -0.15) is 39.5 Å². The molecule has 4 nitrogen and oxygen atoms in total. The molecule has 0 amide bonds. The predicted octanol–water partition coefficient (Wildman–Crippen LogP) is 4.55. The molecule has 1 rings (SSSR count). The SMILES string of the molecule is CO/C(=C\C(OC)c1cnc(C(F)(F)F)nc1)C(F)(C(F)(F)F)C(F)(F)F. The smallest absolute Gasteiger partial charge is 0.451 e. The van der Waals surface area contributed by atoms with Crippen molar-refractivity contribution >= 4 is 0 Å². The molecular weight excluding hydrogens is 406 g/mol. The number of nitrogens with zero attached hydrogens (tertiary/aromatic N) is 2. The molecule has 1 unspecified atom stereocenters. The monoisotopic (exact) mass is 416 g/mol. The lowest BCUT2D eigenvalue weighted by Crippen LogP contribution is -2.55. The summed E-state index contributed by atoms with van der Waals surface area (Å²) in [6, 6.07) is 0. The minimum atomic E-state index is -6.44.